The molecule has 3 heterocycles. The fourth-order valence-corrected chi connectivity index (χ4v) is 4.47. The molecule has 1 spiro atoms. The van der Waals surface area contributed by atoms with Crippen LogP contribution in [0.5, 0.6) is 0 Å². The maximum absolute atomic E-state index is 12.7. The van der Waals surface area contributed by atoms with E-state index in [9.17, 15) is 9.59 Å². The molecule has 28 heavy (non-hydrogen) atoms. The molecule has 1 N–H and O–H groups in total. The number of nitrogens with zero attached hydrogens (tertiary/aromatic N) is 4. The Labute approximate surface area is 165 Å². The molecule has 2 aromatic heterocycles. The lowest BCUT2D eigenvalue weighted by atomic mass is 9.76. The largest absolute Gasteiger partial charge is 0.341 e. The van der Waals surface area contributed by atoms with E-state index < -0.39 is 0 Å². The average Bonchev–Trinajstić information content (AvgIpc) is 3.19. The SMILES string of the molecule is Cc1ccn(CC(=O)N2CCC3(CCc4c3nc(C(C)(C)C)[nH]c4=O)CC2)n1. The van der Waals surface area contributed by atoms with Crippen molar-refractivity contribution < 1.29 is 4.79 Å². The third-order valence-corrected chi connectivity index (χ3v) is 6.23. The number of amides is 1. The maximum atomic E-state index is 12.7. The van der Waals surface area contributed by atoms with Crippen LogP contribution in [0.1, 0.15) is 62.8 Å². The molecule has 1 aliphatic heterocycles. The summed E-state index contributed by atoms with van der Waals surface area (Å²) in [5.74, 6) is 0.857. The summed E-state index contributed by atoms with van der Waals surface area (Å²) in [6.07, 6.45) is 5.30. The van der Waals surface area contributed by atoms with Gasteiger partial charge in [-0.15, -0.1) is 0 Å². The monoisotopic (exact) mass is 383 g/mol. The van der Waals surface area contributed by atoms with Gasteiger partial charge in [0.15, 0.2) is 0 Å². The van der Waals surface area contributed by atoms with E-state index in [-0.39, 0.29) is 28.8 Å². The number of H-pyrrole nitrogens is 1. The Bertz CT molecular complexity index is 958. The minimum Gasteiger partial charge on any atom is -0.341 e. The summed E-state index contributed by atoms with van der Waals surface area (Å²) >= 11 is 0. The first-order valence-electron chi connectivity index (χ1n) is 10.1. The molecule has 2 aliphatic rings. The minimum atomic E-state index is -0.198. The van der Waals surface area contributed by atoms with E-state index in [1.807, 2.05) is 24.1 Å². The standard InChI is InChI=1S/C21H29N5O2/c1-14-6-10-26(24-14)13-16(27)25-11-8-21(9-12-25)7-5-15-17(21)22-19(20(2,3)4)23-18(15)28/h6,10H,5,7-9,11-13H2,1-4H3,(H,22,23,28). The topological polar surface area (TPSA) is 83.9 Å². The van der Waals surface area contributed by atoms with Crippen LogP contribution in [0, 0.1) is 6.92 Å². The van der Waals surface area contributed by atoms with Crippen LogP contribution in [0.25, 0.3) is 0 Å². The molecule has 2 aromatic rings. The fraction of sp³-hybridized carbons (Fsp3) is 0.619. The number of likely N-dealkylation sites (tertiary alicyclic amines) is 1. The van der Waals surface area contributed by atoms with E-state index in [0.29, 0.717) is 13.1 Å². The van der Waals surface area contributed by atoms with E-state index in [2.05, 4.69) is 30.9 Å². The zero-order chi connectivity index (χ0) is 20.1. The predicted molar refractivity (Wildman–Crippen MR) is 106 cm³/mol. The van der Waals surface area contributed by atoms with E-state index in [1.165, 1.54) is 0 Å². The van der Waals surface area contributed by atoms with Crippen molar-refractivity contribution in [1.82, 2.24) is 24.6 Å². The zero-order valence-electron chi connectivity index (χ0n) is 17.2. The van der Waals surface area contributed by atoms with Gasteiger partial charge in [-0.25, -0.2) is 4.98 Å². The summed E-state index contributed by atoms with van der Waals surface area (Å²) in [6, 6.07) is 1.91. The van der Waals surface area contributed by atoms with Gasteiger partial charge in [0.1, 0.15) is 12.4 Å². The highest BCUT2D eigenvalue weighted by Gasteiger charge is 2.45. The summed E-state index contributed by atoms with van der Waals surface area (Å²) < 4.78 is 1.70. The number of fused-ring (bicyclic) bond motifs is 2. The van der Waals surface area contributed by atoms with Gasteiger partial charge in [-0.1, -0.05) is 20.8 Å². The highest BCUT2D eigenvalue weighted by atomic mass is 16.2. The van der Waals surface area contributed by atoms with Crippen LogP contribution < -0.4 is 5.56 Å². The van der Waals surface area contributed by atoms with Crippen molar-refractivity contribution in [1.29, 1.82) is 0 Å². The van der Waals surface area contributed by atoms with Crippen molar-refractivity contribution in [3.8, 4) is 0 Å². The summed E-state index contributed by atoms with van der Waals surface area (Å²) in [5, 5.41) is 4.31. The number of aromatic amines is 1. The summed E-state index contributed by atoms with van der Waals surface area (Å²) in [5.41, 5.74) is 2.49. The molecule has 1 saturated heterocycles. The Morgan fingerprint density at radius 3 is 2.57 bits per heavy atom. The van der Waals surface area contributed by atoms with E-state index in [1.54, 1.807) is 4.68 Å². The molecule has 0 bridgehead atoms. The maximum Gasteiger partial charge on any atom is 0.254 e. The molecule has 7 nitrogen and oxygen atoms in total. The second-order valence-corrected chi connectivity index (χ2v) is 9.31. The van der Waals surface area contributed by atoms with Crippen LogP contribution in [-0.4, -0.2) is 43.6 Å². The fourth-order valence-electron chi connectivity index (χ4n) is 4.47. The van der Waals surface area contributed by atoms with Crippen molar-refractivity contribution in [3.63, 3.8) is 0 Å². The highest BCUT2D eigenvalue weighted by molar-refractivity contribution is 5.76. The van der Waals surface area contributed by atoms with Crippen molar-refractivity contribution in [2.24, 2.45) is 0 Å². The number of hydrogen-bond donors (Lipinski definition) is 1. The number of hydrogen-bond acceptors (Lipinski definition) is 4. The summed E-state index contributed by atoms with van der Waals surface area (Å²) in [4.78, 5) is 35.1. The van der Waals surface area contributed by atoms with Crippen LogP contribution >= 0.6 is 0 Å². The Balaban J connectivity index is 1.52. The molecule has 7 heteroatoms. The van der Waals surface area contributed by atoms with E-state index in [0.717, 1.165) is 48.5 Å². The molecule has 0 saturated carbocycles. The number of rotatable bonds is 2. The number of nitrogens with one attached hydrogen (secondary N) is 1. The Hall–Kier alpha value is -2.44. The molecule has 4 rings (SSSR count). The molecule has 0 unspecified atom stereocenters. The number of aryl methyl sites for hydroxylation is 1. The number of piperidine rings is 1. The van der Waals surface area contributed by atoms with Crippen molar-refractivity contribution >= 4 is 5.91 Å². The summed E-state index contributed by atoms with van der Waals surface area (Å²) in [7, 11) is 0. The van der Waals surface area contributed by atoms with E-state index >= 15 is 0 Å². The first-order valence-corrected chi connectivity index (χ1v) is 10.1. The molecule has 1 aliphatic carbocycles. The lowest BCUT2D eigenvalue weighted by Crippen LogP contribution is -2.46. The van der Waals surface area contributed by atoms with Crippen molar-refractivity contribution in [2.45, 2.75) is 70.8 Å². The molecule has 150 valence electrons. The van der Waals surface area contributed by atoms with Gasteiger partial charge in [0.05, 0.1) is 11.4 Å². The molecule has 0 aromatic carbocycles. The van der Waals surface area contributed by atoms with Gasteiger partial charge in [0.2, 0.25) is 5.91 Å². The molecule has 1 amide bonds. The van der Waals surface area contributed by atoms with E-state index in [4.69, 9.17) is 4.98 Å². The molecular formula is C21H29N5O2. The van der Waals surface area contributed by atoms with Gasteiger partial charge in [-0.05, 0) is 38.7 Å². The number of carbonyl (C=O) groups is 1. The molecular weight excluding hydrogens is 354 g/mol. The van der Waals surface area contributed by atoms with Gasteiger partial charge >= 0.3 is 0 Å². The Morgan fingerprint density at radius 1 is 1.25 bits per heavy atom. The summed E-state index contributed by atoms with van der Waals surface area (Å²) in [6.45, 7) is 9.82. The van der Waals surface area contributed by atoms with Crippen molar-refractivity contribution in [3.05, 3.63) is 45.4 Å². The van der Waals surface area contributed by atoms with Gasteiger partial charge in [-0.3, -0.25) is 14.3 Å². The molecule has 0 atom stereocenters. The first-order chi connectivity index (χ1) is 13.2. The van der Waals surface area contributed by atoms with Crippen LogP contribution in [-0.2, 0) is 28.6 Å². The van der Waals surface area contributed by atoms with Gasteiger partial charge in [-0.2, -0.15) is 5.10 Å². The highest BCUT2D eigenvalue weighted by Crippen LogP contribution is 2.44. The molecule has 0 radical (unpaired) electrons. The smallest absolute Gasteiger partial charge is 0.254 e. The normalized spacial score (nSPS) is 18.5. The molecule has 1 fully saturated rings. The number of carbonyl (C=O) groups excluding carboxylic acids is 1. The lowest BCUT2D eigenvalue weighted by molar-refractivity contribution is -0.133. The van der Waals surface area contributed by atoms with Gasteiger partial charge in [0.25, 0.3) is 5.56 Å². The minimum absolute atomic E-state index is 0.0133. The van der Waals surface area contributed by atoms with Crippen LogP contribution in [0.3, 0.4) is 0 Å². The van der Waals surface area contributed by atoms with Crippen molar-refractivity contribution in [2.75, 3.05) is 13.1 Å². The van der Waals surface area contributed by atoms with Crippen LogP contribution in [0.15, 0.2) is 17.1 Å². The predicted octanol–water partition coefficient (Wildman–Crippen LogP) is 2.08. The Kier molecular flexibility index (Phi) is 4.43. The lowest BCUT2D eigenvalue weighted by Gasteiger charge is -2.39. The third-order valence-electron chi connectivity index (χ3n) is 6.23. The van der Waals surface area contributed by atoms with Gasteiger partial charge < -0.3 is 9.88 Å². The zero-order valence-corrected chi connectivity index (χ0v) is 17.2. The Morgan fingerprint density at radius 2 is 1.96 bits per heavy atom. The van der Waals surface area contributed by atoms with Gasteiger partial charge in [0, 0.05) is 35.7 Å². The van der Waals surface area contributed by atoms with Crippen LogP contribution in [0.4, 0.5) is 0 Å². The van der Waals surface area contributed by atoms with Crippen LogP contribution in [0.2, 0.25) is 0 Å². The number of aromatic nitrogens is 4. The second-order valence-electron chi connectivity index (χ2n) is 9.31. The quantitative estimate of drug-likeness (QED) is 0.861. The average molecular weight is 383 g/mol. The third kappa shape index (κ3) is 3.27. The first kappa shape index (κ1) is 18.9. The second kappa shape index (κ2) is 6.57.